The van der Waals surface area contributed by atoms with Gasteiger partial charge in [-0.3, -0.25) is 19.2 Å². The summed E-state index contributed by atoms with van der Waals surface area (Å²) in [5.41, 5.74) is 6.58. The molecule has 11 heteroatoms. The first-order valence-electron chi connectivity index (χ1n) is 11.8. The summed E-state index contributed by atoms with van der Waals surface area (Å²) in [7, 11) is 1.56. The van der Waals surface area contributed by atoms with Crippen LogP contribution in [0.5, 0.6) is 5.75 Å². The Bertz CT molecular complexity index is 1130. The molecule has 11 nitrogen and oxygen atoms in total. The lowest BCUT2D eigenvalue weighted by molar-refractivity contribution is -0.131. The molecule has 188 valence electrons. The SMILES string of the molecule is CCO[C@@H]1C[C@@H](C(=O)N[C@@H](C[C@@H]2CCNC2=O)C(N)=O)N(C(=O)c2cc3c(OC)cccc3[nH]2)C1. The van der Waals surface area contributed by atoms with Crippen LogP contribution in [0, 0.1) is 5.92 Å². The second-order valence-corrected chi connectivity index (χ2v) is 8.87. The number of benzene rings is 1. The molecule has 2 aliphatic rings. The highest BCUT2D eigenvalue weighted by atomic mass is 16.5. The van der Waals surface area contributed by atoms with Crippen LogP contribution in [0.25, 0.3) is 10.9 Å². The zero-order valence-corrected chi connectivity index (χ0v) is 19.8. The largest absolute Gasteiger partial charge is 0.496 e. The summed E-state index contributed by atoms with van der Waals surface area (Å²) in [5.74, 6) is -1.52. The van der Waals surface area contributed by atoms with Crippen LogP contribution in [-0.4, -0.2) is 78.5 Å². The number of hydrogen-bond donors (Lipinski definition) is 4. The zero-order valence-electron chi connectivity index (χ0n) is 19.8. The van der Waals surface area contributed by atoms with Crippen molar-refractivity contribution in [3.05, 3.63) is 30.0 Å². The number of carbonyl (C=O) groups excluding carboxylic acids is 4. The molecular formula is C24H31N5O6. The molecule has 0 saturated carbocycles. The van der Waals surface area contributed by atoms with Crippen molar-refractivity contribution in [1.29, 1.82) is 0 Å². The number of aromatic nitrogens is 1. The van der Waals surface area contributed by atoms with Gasteiger partial charge in [0.15, 0.2) is 0 Å². The number of hydrogen-bond acceptors (Lipinski definition) is 6. The number of ether oxygens (including phenoxy) is 2. The first kappa shape index (κ1) is 24.5. The Labute approximate surface area is 202 Å². The third-order valence-electron chi connectivity index (χ3n) is 6.65. The molecule has 5 N–H and O–H groups in total. The molecule has 1 aromatic heterocycles. The van der Waals surface area contributed by atoms with Crippen LogP contribution in [0.1, 0.15) is 36.7 Å². The molecule has 4 amide bonds. The average Bonchev–Trinajstić information content (AvgIpc) is 3.56. The molecule has 4 rings (SSSR count). The number of fused-ring (bicyclic) bond motifs is 1. The molecule has 2 fully saturated rings. The minimum Gasteiger partial charge on any atom is -0.496 e. The highest BCUT2D eigenvalue weighted by Crippen LogP contribution is 2.29. The van der Waals surface area contributed by atoms with E-state index in [1.807, 2.05) is 19.1 Å². The maximum absolute atomic E-state index is 13.5. The molecule has 3 heterocycles. The summed E-state index contributed by atoms with van der Waals surface area (Å²) < 4.78 is 11.1. The number of aromatic amines is 1. The van der Waals surface area contributed by atoms with Gasteiger partial charge < -0.3 is 35.7 Å². The minimum absolute atomic E-state index is 0.115. The lowest BCUT2D eigenvalue weighted by Gasteiger charge is -2.25. The van der Waals surface area contributed by atoms with Crippen molar-refractivity contribution in [3.63, 3.8) is 0 Å². The number of carbonyl (C=O) groups is 4. The number of nitrogens with one attached hydrogen (secondary N) is 3. The minimum atomic E-state index is -1.02. The van der Waals surface area contributed by atoms with Gasteiger partial charge in [0.2, 0.25) is 17.7 Å². The van der Waals surface area contributed by atoms with Crippen molar-refractivity contribution in [2.24, 2.45) is 11.7 Å². The quantitative estimate of drug-likeness (QED) is 0.400. The Morgan fingerprint density at radius 1 is 1.31 bits per heavy atom. The van der Waals surface area contributed by atoms with E-state index in [1.165, 1.54) is 4.90 Å². The zero-order chi connectivity index (χ0) is 25.1. The third-order valence-corrected chi connectivity index (χ3v) is 6.65. The summed E-state index contributed by atoms with van der Waals surface area (Å²) in [6.45, 7) is 3.04. The van der Waals surface area contributed by atoms with Crippen molar-refractivity contribution < 1.29 is 28.7 Å². The average molecular weight is 486 g/mol. The van der Waals surface area contributed by atoms with Gasteiger partial charge in [-0.15, -0.1) is 0 Å². The first-order chi connectivity index (χ1) is 16.8. The maximum atomic E-state index is 13.5. The normalized spacial score (nSPS) is 22.7. The molecule has 1 aromatic carbocycles. The molecular weight excluding hydrogens is 454 g/mol. The number of amides is 4. The van der Waals surface area contributed by atoms with E-state index in [1.54, 1.807) is 19.2 Å². The van der Waals surface area contributed by atoms with E-state index in [2.05, 4.69) is 15.6 Å². The van der Waals surface area contributed by atoms with E-state index in [4.69, 9.17) is 15.2 Å². The molecule has 0 spiro atoms. The molecule has 2 aromatic rings. The van der Waals surface area contributed by atoms with Crippen LogP contribution < -0.4 is 21.1 Å². The van der Waals surface area contributed by atoms with Gasteiger partial charge in [-0.2, -0.15) is 0 Å². The third kappa shape index (κ3) is 5.09. The van der Waals surface area contributed by atoms with Crippen LogP contribution in [0.2, 0.25) is 0 Å². The second kappa shape index (κ2) is 10.3. The summed E-state index contributed by atoms with van der Waals surface area (Å²) in [5, 5.41) is 6.15. The van der Waals surface area contributed by atoms with Crippen LogP contribution in [0.4, 0.5) is 0 Å². The standard InChI is InChI=1S/C24H31N5O6/c1-3-35-14-10-19(23(32)28-17(21(25)30)9-13-7-8-26-22(13)31)29(12-14)24(33)18-11-15-16(27-18)5-4-6-20(15)34-2/h4-6,11,13-14,17,19,27H,3,7-10,12H2,1-2H3,(H2,25,30)(H,26,31)(H,28,32)/t13-,14+,17-,19-/m0/s1. The summed E-state index contributed by atoms with van der Waals surface area (Å²) in [6.07, 6.45) is 0.642. The van der Waals surface area contributed by atoms with Gasteiger partial charge in [-0.05, 0) is 38.0 Å². The monoisotopic (exact) mass is 485 g/mol. The van der Waals surface area contributed by atoms with E-state index >= 15 is 0 Å². The Morgan fingerprint density at radius 3 is 2.77 bits per heavy atom. The van der Waals surface area contributed by atoms with Gasteiger partial charge in [-0.25, -0.2) is 0 Å². The first-order valence-corrected chi connectivity index (χ1v) is 11.8. The van der Waals surface area contributed by atoms with Crippen molar-refractivity contribution in [2.75, 3.05) is 26.8 Å². The molecule has 0 bridgehead atoms. The van der Waals surface area contributed by atoms with Crippen LogP contribution in [-0.2, 0) is 19.1 Å². The van der Waals surface area contributed by atoms with Gasteiger partial charge in [0.05, 0.1) is 13.2 Å². The summed E-state index contributed by atoms with van der Waals surface area (Å²) in [4.78, 5) is 55.3. The Hall–Kier alpha value is -3.60. The highest BCUT2D eigenvalue weighted by Gasteiger charge is 2.42. The van der Waals surface area contributed by atoms with Crippen molar-refractivity contribution in [2.45, 2.75) is 44.4 Å². The topological polar surface area (TPSA) is 156 Å². The lowest BCUT2D eigenvalue weighted by Crippen LogP contribution is -2.53. The van der Waals surface area contributed by atoms with Gasteiger partial charge in [0.1, 0.15) is 23.5 Å². The molecule has 35 heavy (non-hydrogen) atoms. The number of rotatable bonds is 9. The van der Waals surface area contributed by atoms with Gasteiger partial charge >= 0.3 is 0 Å². The predicted molar refractivity (Wildman–Crippen MR) is 127 cm³/mol. The van der Waals surface area contributed by atoms with Crippen LogP contribution >= 0.6 is 0 Å². The molecule has 0 unspecified atom stereocenters. The van der Waals surface area contributed by atoms with Gasteiger partial charge in [-0.1, -0.05) is 6.07 Å². The Balaban J connectivity index is 1.54. The fourth-order valence-electron chi connectivity index (χ4n) is 4.87. The van der Waals surface area contributed by atoms with Crippen LogP contribution in [0.15, 0.2) is 24.3 Å². The predicted octanol–water partition coefficient (Wildman–Crippen LogP) is 0.292. The smallest absolute Gasteiger partial charge is 0.271 e. The van der Waals surface area contributed by atoms with Gasteiger partial charge in [0.25, 0.3) is 5.91 Å². The fourth-order valence-corrected chi connectivity index (χ4v) is 4.87. The van der Waals surface area contributed by atoms with E-state index < -0.39 is 29.8 Å². The highest BCUT2D eigenvalue weighted by molar-refractivity contribution is 6.02. The molecule has 0 aliphatic carbocycles. The number of nitrogens with two attached hydrogens (primary N) is 1. The lowest BCUT2D eigenvalue weighted by atomic mass is 9.97. The molecule has 4 atom stereocenters. The molecule has 2 saturated heterocycles. The fraction of sp³-hybridized carbons (Fsp3) is 0.500. The van der Waals surface area contributed by atoms with E-state index in [0.29, 0.717) is 31.0 Å². The molecule has 0 radical (unpaired) electrons. The van der Waals surface area contributed by atoms with E-state index in [9.17, 15) is 19.2 Å². The summed E-state index contributed by atoms with van der Waals surface area (Å²) >= 11 is 0. The van der Waals surface area contributed by atoms with Crippen molar-refractivity contribution in [3.8, 4) is 5.75 Å². The number of primary amides is 1. The van der Waals surface area contributed by atoms with Crippen LogP contribution in [0.3, 0.4) is 0 Å². The number of H-pyrrole nitrogens is 1. The number of likely N-dealkylation sites (tertiary alicyclic amines) is 1. The van der Waals surface area contributed by atoms with Gasteiger partial charge in [0, 0.05) is 42.9 Å². The maximum Gasteiger partial charge on any atom is 0.271 e. The van der Waals surface area contributed by atoms with E-state index in [0.717, 1.165) is 10.9 Å². The number of methoxy groups -OCH3 is 1. The van der Waals surface area contributed by atoms with E-state index in [-0.39, 0.29) is 37.3 Å². The Morgan fingerprint density at radius 2 is 2.11 bits per heavy atom. The van der Waals surface area contributed by atoms with Crippen molar-refractivity contribution >= 4 is 34.5 Å². The Kier molecular flexibility index (Phi) is 7.25. The summed E-state index contributed by atoms with van der Waals surface area (Å²) in [6, 6.07) is 5.28. The van der Waals surface area contributed by atoms with Crippen molar-refractivity contribution in [1.82, 2.24) is 20.5 Å². The molecule has 2 aliphatic heterocycles. The number of nitrogens with zero attached hydrogens (tertiary/aromatic N) is 1. The second-order valence-electron chi connectivity index (χ2n) is 8.87.